The number of carbonyl (C=O) groups excluding carboxylic acids is 2. The van der Waals surface area contributed by atoms with Gasteiger partial charge in [0, 0.05) is 6.54 Å². The van der Waals surface area contributed by atoms with E-state index in [0.29, 0.717) is 17.9 Å². The summed E-state index contributed by atoms with van der Waals surface area (Å²) in [4.78, 5) is 24.7. The Morgan fingerprint density at radius 2 is 2.19 bits per heavy atom. The predicted octanol–water partition coefficient (Wildman–Crippen LogP) is 1.87. The Morgan fingerprint density at radius 1 is 1.43 bits per heavy atom. The summed E-state index contributed by atoms with van der Waals surface area (Å²) in [6.45, 7) is 5.88. The number of rotatable bonds is 5. The van der Waals surface area contributed by atoms with Crippen LogP contribution in [0.2, 0.25) is 0 Å². The summed E-state index contributed by atoms with van der Waals surface area (Å²) in [5.74, 6) is -0.0634. The van der Waals surface area contributed by atoms with E-state index in [1.165, 1.54) is 18.2 Å². The maximum Gasteiger partial charge on any atom is 0.329 e. The van der Waals surface area contributed by atoms with Crippen LogP contribution in [-0.4, -0.2) is 35.1 Å². The first-order valence-corrected chi connectivity index (χ1v) is 6.48. The van der Waals surface area contributed by atoms with Crippen LogP contribution < -0.4 is 10.1 Å². The van der Waals surface area contributed by atoms with Crippen LogP contribution in [0.25, 0.3) is 6.08 Å². The molecule has 6 nitrogen and oxygen atoms in total. The average Bonchev–Trinajstić information content (AvgIpc) is 2.71. The fourth-order valence-electron chi connectivity index (χ4n) is 1.92. The minimum absolute atomic E-state index is 0.0223. The Labute approximate surface area is 122 Å². The van der Waals surface area contributed by atoms with Gasteiger partial charge in [0.25, 0.3) is 5.91 Å². The third kappa shape index (κ3) is 3.05. The van der Waals surface area contributed by atoms with Gasteiger partial charge in [-0.1, -0.05) is 12.1 Å². The van der Waals surface area contributed by atoms with E-state index in [0.717, 1.165) is 4.90 Å². The number of benzene rings is 1. The van der Waals surface area contributed by atoms with Crippen LogP contribution in [0.1, 0.15) is 12.5 Å². The third-order valence-electron chi connectivity index (χ3n) is 2.87. The molecule has 0 atom stereocenters. The molecule has 0 bridgehead atoms. The lowest BCUT2D eigenvalue weighted by Gasteiger charge is -2.07. The molecule has 1 aromatic rings. The number of imide groups is 1. The van der Waals surface area contributed by atoms with E-state index in [1.54, 1.807) is 19.1 Å². The van der Waals surface area contributed by atoms with Crippen LogP contribution >= 0.6 is 0 Å². The number of carbonyl (C=O) groups is 2. The van der Waals surface area contributed by atoms with Crippen molar-refractivity contribution in [3.8, 4) is 11.5 Å². The summed E-state index contributed by atoms with van der Waals surface area (Å²) in [6, 6.07) is 4.22. The van der Waals surface area contributed by atoms with Gasteiger partial charge in [0.05, 0.1) is 6.61 Å². The Kier molecular flexibility index (Phi) is 4.27. The molecule has 6 heteroatoms. The second kappa shape index (κ2) is 6.13. The van der Waals surface area contributed by atoms with E-state index >= 15 is 0 Å². The van der Waals surface area contributed by atoms with Gasteiger partial charge in [-0.25, -0.2) is 4.79 Å². The average molecular weight is 288 g/mol. The summed E-state index contributed by atoms with van der Waals surface area (Å²) in [7, 11) is 0. The van der Waals surface area contributed by atoms with Crippen LogP contribution in [-0.2, 0) is 4.79 Å². The van der Waals surface area contributed by atoms with Gasteiger partial charge in [-0.15, -0.1) is 6.58 Å². The van der Waals surface area contributed by atoms with Crippen molar-refractivity contribution in [3.63, 3.8) is 0 Å². The van der Waals surface area contributed by atoms with Crippen molar-refractivity contribution in [2.75, 3.05) is 13.2 Å². The van der Waals surface area contributed by atoms with Crippen molar-refractivity contribution in [2.24, 2.45) is 0 Å². The van der Waals surface area contributed by atoms with E-state index in [9.17, 15) is 14.7 Å². The van der Waals surface area contributed by atoms with Gasteiger partial charge in [-0.3, -0.25) is 9.69 Å². The molecule has 1 heterocycles. The topological polar surface area (TPSA) is 78.9 Å². The van der Waals surface area contributed by atoms with Crippen LogP contribution in [0.4, 0.5) is 4.79 Å². The monoisotopic (exact) mass is 288 g/mol. The molecule has 1 fully saturated rings. The second-order valence-corrected chi connectivity index (χ2v) is 4.35. The summed E-state index contributed by atoms with van der Waals surface area (Å²) in [5, 5.41) is 12.1. The van der Waals surface area contributed by atoms with Gasteiger partial charge < -0.3 is 15.2 Å². The number of aromatic hydroxyl groups is 1. The van der Waals surface area contributed by atoms with Crippen molar-refractivity contribution in [1.82, 2.24) is 10.2 Å². The molecule has 0 radical (unpaired) electrons. The molecule has 0 aliphatic carbocycles. The minimum atomic E-state index is -0.477. The van der Waals surface area contributed by atoms with Gasteiger partial charge in [-0.2, -0.15) is 0 Å². The molecule has 1 aliphatic rings. The van der Waals surface area contributed by atoms with Crippen LogP contribution in [0.15, 0.2) is 36.6 Å². The van der Waals surface area contributed by atoms with Gasteiger partial charge in [0.1, 0.15) is 5.70 Å². The smallest absolute Gasteiger partial charge is 0.329 e. The molecular formula is C15H16N2O4. The quantitative estimate of drug-likeness (QED) is 0.492. The number of ether oxygens (including phenoxy) is 1. The van der Waals surface area contributed by atoms with E-state index in [1.807, 2.05) is 0 Å². The number of hydrogen-bond donors (Lipinski definition) is 2. The molecule has 1 aromatic carbocycles. The molecule has 0 unspecified atom stereocenters. The molecule has 2 N–H and O–H groups in total. The number of phenolic OH excluding ortho intramolecular Hbond substituents is 1. The normalized spacial score (nSPS) is 16.2. The zero-order valence-electron chi connectivity index (χ0n) is 11.6. The van der Waals surface area contributed by atoms with Crippen LogP contribution in [0.3, 0.4) is 0 Å². The molecule has 2 rings (SSSR count). The zero-order valence-corrected chi connectivity index (χ0v) is 11.6. The van der Waals surface area contributed by atoms with Gasteiger partial charge in [-0.05, 0) is 30.7 Å². The van der Waals surface area contributed by atoms with Crippen LogP contribution in [0.5, 0.6) is 11.5 Å². The van der Waals surface area contributed by atoms with Crippen molar-refractivity contribution in [1.29, 1.82) is 0 Å². The van der Waals surface area contributed by atoms with E-state index in [4.69, 9.17) is 4.74 Å². The first kappa shape index (κ1) is 14.6. The summed E-state index contributed by atoms with van der Waals surface area (Å²) in [5.41, 5.74) is 0.815. The molecular weight excluding hydrogens is 272 g/mol. The van der Waals surface area contributed by atoms with E-state index in [-0.39, 0.29) is 18.0 Å². The fourth-order valence-corrected chi connectivity index (χ4v) is 1.92. The number of nitrogens with zero attached hydrogens (tertiary/aromatic N) is 1. The lowest BCUT2D eigenvalue weighted by molar-refractivity contribution is -0.122. The maximum atomic E-state index is 12.0. The highest BCUT2D eigenvalue weighted by atomic mass is 16.5. The molecule has 3 amide bonds. The van der Waals surface area contributed by atoms with Gasteiger partial charge in [0.2, 0.25) is 0 Å². The van der Waals surface area contributed by atoms with E-state index < -0.39 is 11.9 Å². The fraction of sp³-hybridized carbons (Fsp3) is 0.200. The molecule has 1 aliphatic heterocycles. The lowest BCUT2D eigenvalue weighted by Crippen LogP contribution is -2.30. The Bertz CT molecular complexity index is 622. The number of phenols is 1. The van der Waals surface area contributed by atoms with Gasteiger partial charge >= 0.3 is 6.03 Å². The Hall–Kier alpha value is -2.76. The first-order valence-electron chi connectivity index (χ1n) is 6.48. The number of urea groups is 1. The number of nitrogens with one attached hydrogen (secondary N) is 1. The largest absolute Gasteiger partial charge is 0.504 e. The Morgan fingerprint density at radius 3 is 2.86 bits per heavy atom. The third-order valence-corrected chi connectivity index (χ3v) is 2.87. The first-order chi connectivity index (χ1) is 10.1. The molecule has 0 aromatic heterocycles. The predicted molar refractivity (Wildman–Crippen MR) is 77.7 cm³/mol. The van der Waals surface area contributed by atoms with Crippen molar-refractivity contribution in [2.45, 2.75) is 6.92 Å². The molecule has 0 saturated carbocycles. The highest BCUT2D eigenvalue weighted by molar-refractivity contribution is 6.14. The van der Waals surface area contributed by atoms with Crippen molar-refractivity contribution >= 4 is 18.0 Å². The van der Waals surface area contributed by atoms with Gasteiger partial charge in [0.15, 0.2) is 11.5 Å². The summed E-state index contributed by atoms with van der Waals surface area (Å²) in [6.07, 6.45) is 3.01. The minimum Gasteiger partial charge on any atom is -0.504 e. The highest BCUT2D eigenvalue weighted by Gasteiger charge is 2.32. The summed E-state index contributed by atoms with van der Waals surface area (Å²) < 4.78 is 5.27. The lowest BCUT2D eigenvalue weighted by atomic mass is 10.1. The summed E-state index contributed by atoms with van der Waals surface area (Å²) >= 11 is 0. The number of amides is 3. The number of hydrogen-bond acceptors (Lipinski definition) is 4. The van der Waals surface area contributed by atoms with Crippen molar-refractivity contribution < 1.29 is 19.4 Å². The van der Waals surface area contributed by atoms with Crippen LogP contribution in [0, 0.1) is 0 Å². The van der Waals surface area contributed by atoms with E-state index in [2.05, 4.69) is 11.9 Å². The maximum absolute atomic E-state index is 12.0. The van der Waals surface area contributed by atoms with Crippen molar-refractivity contribution in [3.05, 3.63) is 42.1 Å². The standard InChI is InChI=1S/C15H16N2O4/c1-3-7-17-14(19)11(16-15(17)20)8-10-5-6-12(18)13(9-10)21-4-2/h3,5-6,8-9,18H,1,4,7H2,2H3,(H,16,20)/b11-8+. The highest BCUT2D eigenvalue weighted by Crippen LogP contribution is 2.28. The Balaban J connectivity index is 2.28. The molecule has 1 saturated heterocycles. The molecule has 21 heavy (non-hydrogen) atoms. The second-order valence-electron chi connectivity index (χ2n) is 4.35. The molecule has 110 valence electrons. The molecule has 0 spiro atoms. The zero-order chi connectivity index (χ0) is 15.4. The SMILES string of the molecule is C=CCN1C(=O)N/C(=C/c2ccc(O)c(OCC)c2)C1=O.